The fourth-order valence-corrected chi connectivity index (χ4v) is 3.34. The van der Waals surface area contributed by atoms with E-state index in [1.54, 1.807) is 0 Å². The third kappa shape index (κ3) is 4.00. The number of nitrogens with zero attached hydrogens (tertiary/aromatic N) is 1. The minimum absolute atomic E-state index is 0.537. The Balaban J connectivity index is 2.00. The first-order valence-corrected chi connectivity index (χ1v) is 8.41. The molecule has 0 radical (unpaired) electrons. The van der Waals surface area contributed by atoms with Gasteiger partial charge in [0, 0.05) is 11.8 Å². The summed E-state index contributed by atoms with van der Waals surface area (Å²) in [5.41, 5.74) is 3.46. The number of aromatic amines is 1. The lowest BCUT2D eigenvalue weighted by molar-refractivity contribution is 0.434. The van der Waals surface area contributed by atoms with E-state index in [0.29, 0.717) is 12.0 Å². The number of aryl methyl sites for hydroxylation is 1. The molecule has 1 unspecified atom stereocenters. The van der Waals surface area contributed by atoms with E-state index in [1.807, 2.05) is 11.8 Å². The molecule has 0 aliphatic heterocycles. The molecular formula is C16H25N3S. The van der Waals surface area contributed by atoms with Crippen LogP contribution in [0, 0.1) is 12.8 Å². The third-order valence-corrected chi connectivity index (χ3v) is 4.47. The summed E-state index contributed by atoms with van der Waals surface area (Å²) in [7, 11) is 0. The summed E-state index contributed by atoms with van der Waals surface area (Å²) in [5.74, 6) is 1.69. The maximum absolute atomic E-state index is 4.65. The number of nitrogens with one attached hydrogen (secondary N) is 2. The highest BCUT2D eigenvalue weighted by molar-refractivity contribution is 7.99. The van der Waals surface area contributed by atoms with Crippen molar-refractivity contribution in [1.82, 2.24) is 15.3 Å². The van der Waals surface area contributed by atoms with Gasteiger partial charge in [0.15, 0.2) is 5.16 Å². The highest BCUT2D eigenvalue weighted by Crippen LogP contribution is 2.22. The highest BCUT2D eigenvalue weighted by Gasteiger charge is 2.14. The smallest absolute Gasteiger partial charge is 0.166 e. The topological polar surface area (TPSA) is 40.7 Å². The normalized spacial score (nSPS) is 13.2. The van der Waals surface area contributed by atoms with Gasteiger partial charge in [-0.05, 0) is 43.5 Å². The Hall–Kier alpha value is -1.00. The van der Waals surface area contributed by atoms with Gasteiger partial charge >= 0.3 is 0 Å². The largest absolute Gasteiger partial charge is 0.333 e. The Morgan fingerprint density at radius 2 is 2.15 bits per heavy atom. The van der Waals surface area contributed by atoms with E-state index < -0.39 is 0 Å². The predicted octanol–water partition coefficient (Wildman–Crippen LogP) is 3.99. The Morgan fingerprint density at radius 3 is 2.85 bits per heavy atom. The van der Waals surface area contributed by atoms with E-state index in [0.717, 1.165) is 28.5 Å². The average Bonchev–Trinajstić information content (AvgIpc) is 2.80. The van der Waals surface area contributed by atoms with Crippen LogP contribution in [0.2, 0.25) is 0 Å². The van der Waals surface area contributed by atoms with Crippen molar-refractivity contribution < 1.29 is 0 Å². The summed E-state index contributed by atoms with van der Waals surface area (Å²) in [5, 5.41) is 4.64. The van der Waals surface area contributed by atoms with Crippen molar-refractivity contribution >= 4 is 22.8 Å². The molecule has 0 saturated heterocycles. The number of imidazole rings is 1. The van der Waals surface area contributed by atoms with Gasteiger partial charge in [0.2, 0.25) is 0 Å². The SMILES string of the molecule is CCCNC(CSc1nc2ccc(C)cc2[nH]1)C(C)C. The third-order valence-electron chi connectivity index (χ3n) is 3.48. The van der Waals surface area contributed by atoms with E-state index in [4.69, 9.17) is 0 Å². The first kappa shape index (κ1) is 15.4. The Kier molecular flexibility index (Phi) is 5.49. The maximum Gasteiger partial charge on any atom is 0.166 e. The highest BCUT2D eigenvalue weighted by atomic mass is 32.2. The summed E-state index contributed by atoms with van der Waals surface area (Å²) < 4.78 is 0. The minimum Gasteiger partial charge on any atom is -0.333 e. The van der Waals surface area contributed by atoms with E-state index in [1.165, 1.54) is 12.0 Å². The molecule has 2 N–H and O–H groups in total. The monoisotopic (exact) mass is 291 g/mol. The van der Waals surface area contributed by atoms with E-state index in [2.05, 4.69) is 61.2 Å². The molecule has 1 heterocycles. The molecule has 3 nitrogen and oxygen atoms in total. The van der Waals surface area contributed by atoms with Gasteiger partial charge in [0.1, 0.15) is 0 Å². The molecular weight excluding hydrogens is 266 g/mol. The average molecular weight is 291 g/mol. The van der Waals surface area contributed by atoms with Gasteiger partial charge in [-0.3, -0.25) is 0 Å². The van der Waals surface area contributed by atoms with Crippen LogP contribution >= 0.6 is 11.8 Å². The van der Waals surface area contributed by atoms with Crippen molar-refractivity contribution in [3.8, 4) is 0 Å². The van der Waals surface area contributed by atoms with Gasteiger partial charge in [-0.1, -0.05) is 38.6 Å². The fraction of sp³-hybridized carbons (Fsp3) is 0.562. The zero-order valence-corrected chi connectivity index (χ0v) is 13.7. The second-order valence-corrected chi connectivity index (χ2v) is 6.69. The number of H-pyrrole nitrogens is 1. The number of aromatic nitrogens is 2. The van der Waals surface area contributed by atoms with E-state index >= 15 is 0 Å². The molecule has 0 amide bonds. The lowest BCUT2D eigenvalue weighted by Gasteiger charge is -2.21. The van der Waals surface area contributed by atoms with Crippen LogP contribution < -0.4 is 5.32 Å². The summed E-state index contributed by atoms with van der Waals surface area (Å²) >= 11 is 1.81. The van der Waals surface area contributed by atoms with Gasteiger partial charge in [-0.25, -0.2) is 4.98 Å². The maximum atomic E-state index is 4.65. The number of hydrogen-bond acceptors (Lipinski definition) is 3. The molecule has 2 rings (SSSR count). The molecule has 0 saturated carbocycles. The van der Waals surface area contributed by atoms with E-state index in [-0.39, 0.29) is 0 Å². The molecule has 2 aromatic rings. The van der Waals surface area contributed by atoms with Crippen LogP contribution in [0.15, 0.2) is 23.4 Å². The van der Waals surface area contributed by atoms with Crippen molar-refractivity contribution in [3.05, 3.63) is 23.8 Å². The van der Waals surface area contributed by atoms with Gasteiger partial charge in [0.25, 0.3) is 0 Å². The molecule has 0 fully saturated rings. The quantitative estimate of drug-likeness (QED) is 0.758. The van der Waals surface area contributed by atoms with Crippen LogP contribution in [-0.2, 0) is 0 Å². The number of benzene rings is 1. The van der Waals surface area contributed by atoms with Crippen LogP contribution in [0.3, 0.4) is 0 Å². The number of hydrogen-bond donors (Lipinski definition) is 2. The second kappa shape index (κ2) is 7.14. The molecule has 0 bridgehead atoms. The Labute approximate surface area is 125 Å². The van der Waals surface area contributed by atoms with E-state index in [9.17, 15) is 0 Å². The molecule has 20 heavy (non-hydrogen) atoms. The van der Waals surface area contributed by atoms with Crippen molar-refractivity contribution in [2.45, 2.75) is 45.3 Å². The Bertz CT molecular complexity index is 548. The number of fused-ring (bicyclic) bond motifs is 1. The van der Waals surface area contributed by atoms with Crippen LogP contribution in [0.5, 0.6) is 0 Å². The van der Waals surface area contributed by atoms with Gasteiger partial charge in [-0.2, -0.15) is 0 Å². The second-order valence-electron chi connectivity index (χ2n) is 5.68. The van der Waals surface area contributed by atoms with Crippen LogP contribution in [0.25, 0.3) is 11.0 Å². The molecule has 0 aliphatic rings. The van der Waals surface area contributed by atoms with Gasteiger partial charge < -0.3 is 10.3 Å². The number of thioether (sulfide) groups is 1. The van der Waals surface area contributed by atoms with Crippen molar-refractivity contribution in [3.63, 3.8) is 0 Å². The van der Waals surface area contributed by atoms with Crippen LogP contribution in [-0.4, -0.2) is 28.3 Å². The fourth-order valence-electron chi connectivity index (χ4n) is 2.15. The Morgan fingerprint density at radius 1 is 1.35 bits per heavy atom. The predicted molar refractivity (Wildman–Crippen MR) is 88.5 cm³/mol. The summed E-state index contributed by atoms with van der Waals surface area (Å²) in [4.78, 5) is 8.06. The number of rotatable bonds is 7. The van der Waals surface area contributed by atoms with Crippen molar-refractivity contribution in [2.24, 2.45) is 5.92 Å². The first-order valence-electron chi connectivity index (χ1n) is 7.42. The van der Waals surface area contributed by atoms with Gasteiger partial charge in [0.05, 0.1) is 11.0 Å². The van der Waals surface area contributed by atoms with Gasteiger partial charge in [-0.15, -0.1) is 0 Å². The van der Waals surface area contributed by atoms with Crippen molar-refractivity contribution in [1.29, 1.82) is 0 Å². The zero-order valence-electron chi connectivity index (χ0n) is 12.9. The molecule has 110 valence electrons. The zero-order chi connectivity index (χ0) is 14.5. The summed E-state index contributed by atoms with van der Waals surface area (Å²) in [6.45, 7) is 9.95. The minimum atomic E-state index is 0.537. The molecule has 4 heteroatoms. The van der Waals surface area contributed by atoms with Crippen LogP contribution in [0.4, 0.5) is 0 Å². The molecule has 0 spiro atoms. The molecule has 1 aromatic carbocycles. The summed E-state index contributed by atoms with van der Waals surface area (Å²) in [6.07, 6.45) is 1.18. The summed E-state index contributed by atoms with van der Waals surface area (Å²) in [6, 6.07) is 6.88. The van der Waals surface area contributed by atoms with Crippen LogP contribution in [0.1, 0.15) is 32.8 Å². The molecule has 1 aromatic heterocycles. The first-order chi connectivity index (χ1) is 9.60. The molecule has 0 aliphatic carbocycles. The lowest BCUT2D eigenvalue weighted by atomic mass is 10.1. The lowest BCUT2D eigenvalue weighted by Crippen LogP contribution is -2.36. The standard InChI is InChI=1S/C16H25N3S/c1-5-8-17-15(11(2)3)10-20-16-18-13-7-6-12(4)9-14(13)19-16/h6-7,9,11,15,17H,5,8,10H2,1-4H3,(H,18,19). The van der Waals surface area contributed by atoms with Crippen molar-refractivity contribution in [2.75, 3.05) is 12.3 Å². The molecule has 1 atom stereocenters.